The molecule has 0 unspecified atom stereocenters. The van der Waals surface area contributed by atoms with Gasteiger partial charge in [0.05, 0.1) is 28.3 Å². The van der Waals surface area contributed by atoms with Gasteiger partial charge >= 0.3 is 0 Å². The van der Waals surface area contributed by atoms with Gasteiger partial charge in [-0.25, -0.2) is 18.1 Å². The molecule has 1 aromatic heterocycles. The Morgan fingerprint density at radius 3 is 2.67 bits per heavy atom. The van der Waals surface area contributed by atoms with Crippen LogP contribution in [0.15, 0.2) is 53.4 Å². The monoisotopic (exact) mass is 446 g/mol. The van der Waals surface area contributed by atoms with Gasteiger partial charge in [0, 0.05) is 31.7 Å². The second-order valence-corrected chi connectivity index (χ2v) is 9.56. The molecule has 0 atom stereocenters. The molecule has 2 aromatic carbocycles. The maximum atomic E-state index is 12.2. The minimum atomic E-state index is -3.62. The van der Waals surface area contributed by atoms with Gasteiger partial charge in [-0.05, 0) is 30.3 Å². The van der Waals surface area contributed by atoms with Crippen LogP contribution in [0.25, 0.3) is 10.2 Å². The topological polar surface area (TPSA) is 101 Å². The lowest BCUT2D eigenvalue weighted by Crippen LogP contribution is -2.36. The maximum Gasteiger partial charge on any atom is 0.240 e. The summed E-state index contributed by atoms with van der Waals surface area (Å²) in [6.07, 6.45) is 0.0336. The number of morpholine rings is 1. The fraction of sp³-hybridized carbons (Fsp3) is 0.300. The number of aromatic nitrogens is 1. The smallest absolute Gasteiger partial charge is 0.240 e. The number of hydrogen-bond donors (Lipinski definition) is 2. The molecular weight excluding hydrogens is 424 g/mol. The van der Waals surface area contributed by atoms with Crippen molar-refractivity contribution in [2.75, 3.05) is 43.1 Å². The SMILES string of the molecule is O=C(CCNS(=O)(=O)c1ccccc1)Nc1ccc2nc(N3CCOCC3)sc2c1. The lowest BCUT2D eigenvalue weighted by atomic mass is 10.3. The van der Waals surface area contributed by atoms with E-state index in [1.54, 1.807) is 35.6 Å². The minimum Gasteiger partial charge on any atom is -0.378 e. The van der Waals surface area contributed by atoms with Crippen LogP contribution in [0.3, 0.4) is 0 Å². The number of hydrogen-bond acceptors (Lipinski definition) is 7. The van der Waals surface area contributed by atoms with E-state index in [1.165, 1.54) is 12.1 Å². The first kappa shape index (κ1) is 20.7. The highest BCUT2D eigenvalue weighted by atomic mass is 32.2. The number of nitrogens with zero attached hydrogens (tertiary/aromatic N) is 2. The third-order valence-corrected chi connectivity index (χ3v) is 7.20. The van der Waals surface area contributed by atoms with Crippen LogP contribution in [0.2, 0.25) is 0 Å². The van der Waals surface area contributed by atoms with Crippen LogP contribution < -0.4 is 14.9 Å². The average Bonchev–Trinajstić information content (AvgIpc) is 3.18. The van der Waals surface area contributed by atoms with Gasteiger partial charge in [0.2, 0.25) is 15.9 Å². The number of carbonyl (C=O) groups is 1. The Hall–Kier alpha value is -2.53. The summed E-state index contributed by atoms with van der Waals surface area (Å²) in [6, 6.07) is 13.7. The predicted molar refractivity (Wildman–Crippen MR) is 118 cm³/mol. The van der Waals surface area contributed by atoms with Crippen LogP contribution in [0, 0.1) is 0 Å². The van der Waals surface area contributed by atoms with Gasteiger partial charge in [0.15, 0.2) is 5.13 Å². The quantitative estimate of drug-likeness (QED) is 0.578. The molecule has 8 nitrogen and oxygen atoms in total. The molecule has 0 saturated carbocycles. The predicted octanol–water partition coefficient (Wildman–Crippen LogP) is 2.44. The van der Waals surface area contributed by atoms with Crippen molar-refractivity contribution < 1.29 is 17.9 Å². The van der Waals surface area contributed by atoms with Gasteiger partial charge in [-0.1, -0.05) is 29.5 Å². The van der Waals surface area contributed by atoms with Crippen molar-refractivity contribution in [1.29, 1.82) is 0 Å². The normalized spacial score (nSPS) is 14.7. The zero-order valence-electron chi connectivity index (χ0n) is 16.2. The molecule has 2 N–H and O–H groups in total. The highest BCUT2D eigenvalue weighted by Gasteiger charge is 2.16. The minimum absolute atomic E-state index is 0.0209. The first-order valence-electron chi connectivity index (χ1n) is 9.59. The molecule has 0 aliphatic carbocycles. The fourth-order valence-corrected chi connectivity index (χ4v) is 5.19. The molecule has 4 rings (SSSR count). The summed E-state index contributed by atoms with van der Waals surface area (Å²) in [6.45, 7) is 3.06. The summed E-state index contributed by atoms with van der Waals surface area (Å²) in [4.78, 5) is 19.3. The van der Waals surface area contributed by atoms with Gasteiger partial charge in [-0.2, -0.15) is 0 Å². The summed E-state index contributed by atoms with van der Waals surface area (Å²) in [5, 5.41) is 3.77. The molecule has 0 radical (unpaired) electrons. The lowest BCUT2D eigenvalue weighted by molar-refractivity contribution is -0.116. The summed E-state index contributed by atoms with van der Waals surface area (Å²) >= 11 is 1.58. The number of ether oxygens (including phenoxy) is 1. The first-order valence-corrected chi connectivity index (χ1v) is 11.9. The largest absolute Gasteiger partial charge is 0.378 e. The van der Waals surface area contributed by atoms with Gasteiger partial charge in [0.1, 0.15) is 0 Å². The molecule has 1 aliphatic heterocycles. The van der Waals surface area contributed by atoms with Crippen LogP contribution >= 0.6 is 11.3 Å². The van der Waals surface area contributed by atoms with Crippen molar-refractivity contribution in [3.63, 3.8) is 0 Å². The summed E-state index contributed by atoms with van der Waals surface area (Å²) in [7, 11) is -3.62. The third kappa shape index (κ3) is 4.96. The van der Waals surface area contributed by atoms with E-state index in [1.807, 2.05) is 12.1 Å². The van der Waals surface area contributed by atoms with E-state index in [0.29, 0.717) is 18.9 Å². The number of rotatable bonds is 7. The lowest BCUT2D eigenvalue weighted by Gasteiger charge is -2.25. The third-order valence-electron chi connectivity index (χ3n) is 4.64. The molecule has 1 fully saturated rings. The van der Waals surface area contributed by atoms with Crippen LogP contribution in [-0.2, 0) is 19.6 Å². The van der Waals surface area contributed by atoms with Crippen molar-refractivity contribution in [3.8, 4) is 0 Å². The highest BCUT2D eigenvalue weighted by Crippen LogP contribution is 2.31. The zero-order chi connectivity index (χ0) is 21.0. The van der Waals surface area contributed by atoms with E-state index >= 15 is 0 Å². The molecule has 2 heterocycles. The molecule has 1 saturated heterocycles. The maximum absolute atomic E-state index is 12.2. The van der Waals surface area contributed by atoms with Crippen molar-refractivity contribution in [2.45, 2.75) is 11.3 Å². The van der Waals surface area contributed by atoms with Crippen molar-refractivity contribution in [2.24, 2.45) is 0 Å². The van der Waals surface area contributed by atoms with Gasteiger partial charge in [0.25, 0.3) is 0 Å². The van der Waals surface area contributed by atoms with Crippen LogP contribution in [0.4, 0.5) is 10.8 Å². The summed E-state index contributed by atoms with van der Waals surface area (Å²) in [5.74, 6) is -0.261. The molecule has 158 valence electrons. The molecule has 0 spiro atoms. The summed E-state index contributed by atoms with van der Waals surface area (Å²) in [5.41, 5.74) is 1.55. The Kier molecular flexibility index (Phi) is 6.28. The van der Waals surface area contributed by atoms with Gasteiger partial charge < -0.3 is 15.0 Å². The van der Waals surface area contributed by atoms with Gasteiger partial charge in [-0.3, -0.25) is 4.79 Å². The molecule has 1 aliphatic rings. The average molecular weight is 447 g/mol. The standard InChI is InChI=1S/C20H22N4O4S2/c25-19(8-9-21-30(26,27)16-4-2-1-3-5-16)22-15-6-7-17-18(14-15)29-20(23-17)24-10-12-28-13-11-24/h1-7,14,21H,8-13H2,(H,22,25). The molecule has 0 bridgehead atoms. The van der Waals surface area contributed by atoms with E-state index in [-0.39, 0.29) is 23.8 Å². The number of anilines is 2. The van der Waals surface area contributed by atoms with E-state index < -0.39 is 10.0 Å². The van der Waals surface area contributed by atoms with Crippen molar-refractivity contribution >= 4 is 48.3 Å². The fourth-order valence-electron chi connectivity index (χ4n) is 3.09. The number of amides is 1. The Bertz CT molecular complexity index is 1130. The van der Waals surface area contributed by atoms with Gasteiger partial charge in [-0.15, -0.1) is 0 Å². The first-order chi connectivity index (χ1) is 14.5. The van der Waals surface area contributed by atoms with E-state index in [4.69, 9.17) is 4.74 Å². The van der Waals surface area contributed by atoms with Crippen molar-refractivity contribution in [3.05, 3.63) is 48.5 Å². The molecule has 1 amide bonds. The number of sulfonamides is 1. The molecule has 3 aromatic rings. The number of benzene rings is 2. The van der Waals surface area contributed by atoms with Crippen LogP contribution in [-0.4, -0.2) is 52.2 Å². The Balaban J connectivity index is 1.34. The summed E-state index contributed by atoms with van der Waals surface area (Å²) < 4.78 is 33.2. The van der Waals surface area contributed by atoms with Crippen molar-refractivity contribution in [1.82, 2.24) is 9.71 Å². The number of carbonyl (C=O) groups excluding carboxylic acids is 1. The van der Waals surface area contributed by atoms with E-state index in [0.717, 1.165) is 28.4 Å². The zero-order valence-corrected chi connectivity index (χ0v) is 17.8. The van der Waals surface area contributed by atoms with Crippen LogP contribution in [0.5, 0.6) is 0 Å². The second kappa shape index (κ2) is 9.09. The Morgan fingerprint density at radius 1 is 1.13 bits per heavy atom. The molecule has 30 heavy (non-hydrogen) atoms. The molecular formula is C20H22N4O4S2. The Morgan fingerprint density at radius 2 is 1.90 bits per heavy atom. The number of thiazole rings is 1. The second-order valence-electron chi connectivity index (χ2n) is 6.79. The highest BCUT2D eigenvalue weighted by molar-refractivity contribution is 7.89. The molecule has 10 heteroatoms. The van der Waals surface area contributed by atoms with E-state index in [2.05, 4.69) is 19.9 Å². The Labute approximate surface area is 178 Å². The van der Waals surface area contributed by atoms with Crippen LogP contribution in [0.1, 0.15) is 6.42 Å². The van der Waals surface area contributed by atoms with E-state index in [9.17, 15) is 13.2 Å². The number of fused-ring (bicyclic) bond motifs is 1. The number of nitrogens with one attached hydrogen (secondary N) is 2.